The zero-order chi connectivity index (χ0) is 28.1. The number of ether oxygens (including phenoxy) is 1. The van der Waals surface area contributed by atoms with Gasteiger partial charge in [0, 0.05) is 6.08 Å². The van der Waals surface area contributed by atoms with Gasteiger partial charge in [0.1, 0.15) is 8.07 Å². The molecule has 0 atom stereocenters. The molecule has 0 fully saturated rings. The summed E-state index contributed by atoms with van der Waals surface area (Å²) in [6.45, 7) is 4.85. The number of hydrogen-bond donors (Lipinski definition) is 0. The first-order valence-electron chi connectivity index (χ1n) is 8.83. The summed E-state index contributed by atoms with van der Waals surface area (Å²) in [5, 5.41) is 0. The van der Waals surface area contributed by atoms with Crippen molar-refractivity contribution in [2.24, 2.45) is 0 Å². The molecule has 0 amide bonds. The zero-order valence-electron chi connectivity index (χ0n) is 17.7. The Morgan fingerprint density at radius 2 is 1.23 bits per heavy atom. The lowest BCUT2D eigenvalue weighted by molar-refractivity contribution is -0.436. The van der Waals surface area contributed by atoms with Crippen LogP contribution in [-0.4, -0.2) is 56.4 Å². The maximum Gasteiger partial charge on any atom is 0.460 e. The van der Waals surface area contributed by atoms with Crippen LogP contribution in [0, 0.1) is 23.3 Å². The van der Waals surface area contributed by atoms with Crippen molar-refractivity contribution in [3.8, 4) is 23.3 Å². The van der Waals surface area contributed by atoms with Gasteiger partial charge in [0.2, 0.25) is 0 Å². The molecule has 35 heavy (non-hydrogen) atoms. The molecule has 0 aliphatic carbocycles. The summed E-state index contributed by atoms with van der Waals surface area (Å²) in [5.41, 5.74) is 2.85. The minimum Gasteiger partial charge on any atom is -0.449 e. The molecule has 0 aromatic rings. The molecule has 0 bridgehead atoms. The van der Waals surface area contributed by atoms with Crippen LogP contribution in [0.2, 0.25) is 19.6 Å². The summed E-state index contributed by atoms with van der Waals surface area (Å²) < 4.78 is 172. The van der Waals surface area contributed by atoms with Gasteiger partial charge in [-0.3, -0.25) is 0 Å². The largest absolute Gasteiger partial charge is 0.460 e. The van der Waals surface area contributed by atoms with Gasteiger partial charge in [-0.25, -0.2) is 4.79 Å². The van der Waals surface area contributed by atoms with Gasteiger partial charge in [-0.2, -0.15) is 57.1 Å². The summed E-state index contributed by atoms with van der Waals surface area (Å²) in [4.78, 5) is 11.3. The second-order valence-corrected chi connectivity index (χ2v) is 12.3. The fraction of sp³-hybridized carbons (Fsp3) is 0.526. The van der Waals surface area contributed by atoms with Gasteiger partial charge in [0.15, 0.2) is 6.61 Å². The van der Waals surface area contributed by atoms with E-state index in [1.165, 1.54) is 5.92 Å². The Kier molecular flexibility index (Phi) is 9.76. The van der Waals surface area contributed by atoms with E-state index in [0.29, 0.717) is 0 Å². The first-order valence-corrected chi connectivity index (χ1v) is 12.3. The Hall–Kier alpha value is -2.62. The predicted octanol–water partition coefficient (Wildman–Crippen LogP) is 6.27. The highest BCUT2D eigenvalue weighted by Gasteiger charge is 2.90. The number of alkyl halides is 13. The highest BCUT2D eigenvalue weighted by Crippen LogP contribution is 2.60. The molecule has 0 spiro atoms. The van der Waals surface area contributed by atoms with Crippen LogP contribution in [0.15, 0.2) is 24.3 Å². The molecule has 0 heterocycles. The highest BCUT2D eigenvalue weighted by atomic mass is 28.3. The summed E-state index contributed by atoms with van der Waals surface area (Å²) in [7, 11) is -1.72. The van der Waals surface area contributed by atoms with E-state index in [1.807, 2.05) is 19.6 Å². The third kappa shape index (κ3) is 7.43. The van der Waals surface area contributed by atoms with Crippen LogP contribution in [0.4, 0.5) is 57.1 Å². The fourth-order valence-electron chi connectivity index (χ4n) is 1.66. The number of esters is 1. The van der Waals surface area contributed by atoms with Crippen LogP contribution < -0.4 is 0 Å². The van der Waals surface area contributed by atoms with Crippen molar-refractivity contribution >= 4 is 14.0 Å². The van der Waals surface area contributed by atoms with Gasteiger partial charge < -0.3 is 4.74 Å². The quantitative estimate of drug-likeness (QED) is 0.123. The number of hydrogen-bond acceptors (Lipinski definition) is 2. The molecule has 0 unspecified atom stereocenters. The average molecular weight is 550 g/mol. The van der Waals surface area contributed by atoms with Gasteiger partial charge in [-0.1, -0.05) is 37.4 Å². The molecule has 0 aliphatic heterocycles. The topological polar surface area (TPSA) is 26.3 Å². The van der Waals surface area contributed by atoms with Gasteiger partial charge >= 0.3 is 41.8 Å². The molecule has 0 rings (SSSR count). The van der Waals surface area contributed by atoms with E-state index >= 15 is 0 Å². The van der Waals surface area contributed by atoms with Crippen molar-refractivity contribution in [3.63, 3.8) is 0 Å². The van der Waals surface area contributed by atoms with Crippen LogP contribution in [0.5, 0.6) is 0 Å². The molecule has 0 aromatic heterocycles. The first-order chi connectivity index (χ1) is 15.4. The normalized spacial score (nSPS) is 14.4. The van der Waals surface area contributed by atoms with Gasteiger partial charge in [-0.15, -0.1) is 5.54 Å². The molecule has 16 heteroatoms. The van der Waals surface area contributed by atoms with Crippen LogP contribution in [0.3, 0.4) is 0 Å². The number of halogens is 13. The minimum atomic E-state index is -7.97. The lowest BCUT2D eigenvalue weighted by Gasteiger charge is -2.39. The average Bonchev–Trinajstić information content (AvgIpc) is 2.65. The van der Waals surface area contributed by atoms with E-state index in [9.17, 15) is 61.9 Å². The van der Waals surface area contributed by atoms with E-state index < -0.39 is 62.5 Å². The van der Waals surface area contributed by atoms with Crippen molar-refractivity contribution in [1.82, 2.24) is 0 Å². The Balaban J connectivity index is 5.47. The minimum absolute atomic E-state index is 0.312. The lowest BCUT2D eigenvalue weighted by atomic mass is 9.94. The van der Waals surface area contributed by atoms with Gasteiger partial charge in [-0.05, 0) is 18.2 Å². The molecule has 0 saturated carbocycles. The molecular weight excluding hydrogens is 535 g/mol. The Morgan fingerprint density at radius 1 is 0.743 bits per heavy atom. The van der Waals surface area contributed by atoms with Crippen LogP contribution in [-0.2, 0) is 9.53 Å². The van der Waals surface area contributed by atoms with Crippen molar-refractivity contribution < 1.29 is 66.6 Å². The first kappa shape index (κ1) is 32.4. The van der Waals surface area contributed by atoms with Crippen LogP contribution in [0.25, 0.3) is 0 Å². The van der Waals surface area contributed by atoms with Crippen LogP contribution >= 0.6 is 0 Å². The van der Waals surface area contributed by atoms with E-state index in [4.69, 9.17) is 0 Å². The highest BCUT2D eigenvalue weighted by molar-refractivity contribution is 6.83. The number of carbonyl (C=O) groups is 1. The third-order valence-electron chi connectivity index (χ3n) is 3.47. The fourth-order valence-corrected chi connectivity index (χ4v) is 2.17. The van der Waals surface area contributed by atoms with Crippen molar-refractivity contribution in [1.29, 1.82) is 0 Å². The Labute approximate surface area is 191 Å². The SMILES string of the molecule is C[Si](C)(C)C#C/C=C\C(=O)OCC#C/C=C/C(F)(F)C(F)(F)C(F)(F)C(F)(F)C(F)(F)C(F)(F)F. The van der Waals surface area contributed by atoms with Crippen molar-refractivity contribution in [2.45, 2.75) is 55.4 Å². The molecule has 0 aliphatic rings. The molecule has 198 valence electrons. The standard InChI is InChI=1S/C19H15F13O2Si/c1-35(2,3)12-8-5-9-13(33)34-11-7-4-6-10-14(20,21)15(22,23)16(24,25)17(26,27)18(28,29)19(30,31)32/h5-6,9-10H,11H2,1-3H3/b9-5-,10-6+. The monoisotopic (exact) mass is 550 g/mol. The summed E-state index contributed by atoms with van der Waals surface area (Å²) >= 11 is 0. The lowest BCUT2D eigenvalue weighted by Crippen LogP contribution is -2.69. The smallest absolute Gasteiger partial charge is 0.449 e. The molecule has 0 saturated heterocycles. The summed E-state index contributed by atoms with van der Waals surface area (Å²) in [5.74, 6) is -32.7. The number of allylic oxidation sites excluding steroid dienone is 3. The summed E-state index contributed by atoms with van der Waals surface area (Å²) in [6, 6.07) is 0. The second-order valence-electron chi connectivity index (χ2n) is 7.53. The van der Waals surface area contributed by atoms with Gasteiger partial charge in [0.25, 0.3) is 0 Å². The van der Waals surface area contributed by atoms with Gasteiger partial charge in [0.05, 0.1) is 0 Å². The predicted molar refractivity (Wildman–Crippen MR) is 98.9 cm³/mol. The zero-order valence-corrected chi connectivity index (χ0v) is 18.7. The Morgan fingerprint density at radius 3 is 1.69 bits per heavy atom. The molecule has 0 radical (unpaired) electrons. The number of rotatable bonds is 7. The molecule has 2 nitrogen and oxygen atoms in total. The van der Waals surface area contributed by atoms with E-state index in [2.05, 4.69) is 16.2 Å². The van der Waals surface area contributed by atoms with E-state index in [1.54, 1.807) is 5.92 Å². The number of carbonyl (C=O) groups excluding carboxylic acids is 1. The Bertz CT molecular complexity index is 950. The summed E-state index contributed by atoms with van der Waals surface area (Å²) in [6.07, 6.45) is -7.04. The maximum atomic E-state index is 13.5. The van der Waals surface area contributed by atoms with Crippen molar-refractivity contribution in [2.75, 3.05) is 6.61 Å². The molecule has 0 aromatic carbocycles. The molecule has 0 N–H and O–H groups in total. The van der Waals surface area contributed by atoms with Crippen LogP contribution in [0.1, 0.15) is 0 Å². The maximum absolute atomic E-state index is 13.5. The van der Waals surface area contributed by atoms with E-state index in [-0.39, 0.29) is 6.08 Å². The third-order valence-corrected chi connectivity index (χ3v) is 4.37. The van der Waals surface area contributed by atoms with E-state index in [0.717, 1.165) is 12.2 Å². The van der Waals surface area contributed by atoms with Crippen molar-refractivity contribution in [3.05, 3.63) is 24.3 Å². The molecular formula is C19H15F13O2Si. The second kappa shape index (κ2) is 10.6.